The van der Waals surface area contributed by atoms with Crippen molar-refractivity contribution in [2.24, 2.45) is 0 Å². The lowest BCUT2D eigenvalue weighted by Gasteiger charge is -2.15. The summed E-state index contributed by atoms with van der Waals surface area (Å²) in [6.07, 6.45) is 24.4. The van der Waals surface area contributed by atoms with E-state index in [1.165, 1.54) is 103 Å². The van der Waals surface area contributed by atoms with Crippen LogP contribution in [0.5, 0.6) is 0 Å². The molecule has 1 heterocycles. The van der Waals surface area contributed by atoms with E-state index >= 15 is 0 Å². The Morgan fingerprint density at radius 2 is 1.19 bits per heavy atom. The van der Waals surface area contributed by atoms with Crippen LogP contribution in [0.15, 0.2) is 0 Å². The number of unbranched alkanes of at least 4 members (excludes halogenated alkanes) is 15. The molecule has 0 aromatic carbocycles. The van der Waals surface area contributed by atoms with Crippen LogP contribution in [-0.2, 0) is 14.2 Å². The van der Waals surface area contributed by atoms with E-state index in [4.69, 9.17) is 14.2 Å². The van der Waals surface area contributed by atoms with Crippen molar-refractivity contribution < 1.29 is 14.2 Å². The molecule has 0 aliphatic carbocycles. The average molecular weight is 385 g/mol. The summed E-state index contributed by atoms with van der Waals surface area (Å²) < 4.78 is 16.3. The van der Waals surface area contributed by atoms with Gasteiger partial charge in [0.25, 0.3) is 0 Å². The van der Waals surface area contributed by atoms with Crippen molar-refractivity contribution in [1.82, 2.24) is 0 Å². The van der Waals surface area contributed by atoms with Gasteiger partial charge < -0.3 is 14.2 Å². The van der Waals surface area contributed by atoms with Gasteiger partial charge in [0.2, 0.25) is 0 Å². The molecule has 1 saturated heterocycles. The minimum absolute atomic E-state index is 0.260. The van der Waals surface area contributed by atoms with Gasteiger partial charge in [-0.05, 0) is 6.42 Å². The zero-order valence-electron chi connectivity index (χ0n) is 18.5. The predicted molar refractivity (Wildman–Crippen MR) is 116 cm³/mol. The second kappa shape index (κ2) is 19.2. The highest BCUT2D eigenvalue weighted by molar-refractivity contribution is 4.68. The lowest BCUT2D eigenvalue weighted by molar-refractivity contribution is -0.000834. The summed E-state index contributed by atoms with van der Waals surface area (Å²) in [6, 6.07) is 0. The second-order valence-corrected chi connectivity index (χ2v) is 8.44. The summed E-state index contributed by atoms with van der Waals surface area (Å²) in [4.78, 5) is 0. The number of methoxy groups -OCH3 is 1. The number of hydrogen-bond acceptors (Lipinski definition) is 3. The minimum Gasteiger partial charge on any atom is -0.379 e. The first-order valence-electron chi connectivity index (χ1n) is 12.1. The van der Waals surface area contributed by atoms with Gasteiger partial charge in [0, 0.05) is 7.11 Å². The lowest BCUT2D eigenvalue weighted by Crippen LogP contribution is -2.19. The van der Waals surface area contributed by atoms with Gasteiger partial charge in [0.15, 0.2) is 0 Å². The maximum Gasteiger partial charge on any atom is 0.104 e. The zero-order valence-corrected chi connectivity index (χ0v) is 18.5. The Morgan fingerprint density at radius 1 is 0.741 bits per heavy atom. The summed E-state index contributed by atoms with van der Waals surface area (Å²) in [5, 5.41) is 0. The standard InChI is InChI=1S/C24H48O3/c1-3-4-5-6-7-8-9-10-11-12-13-14-15-16-17-18-19-23(25-2)20-26-21-24-22-27-24/h23-24H,3-22H2,1-2H3. The minimum atomic E-state index is 0.260. The third-order valence-corrected chi connectivity index (χ3v) is 5.72. The Balaban J connectivity index is 1.70. The molecule has 0 aromatic rings. The van der Waals surface area contributed by atoms with Crippen LogP contribution in [0.25, 0.3) is 0 Å². The van der Waals surface area contributed by atoms with Gasteiger partial charge in [-0.25, -0.2) is 0 Å². The van der Waals surface area contributed by atoms with Crippen molar-refractivity contribution in [2.75, 3.05) is 26.9 Å². The molecule has 1 aliphatic heterocycles. The molecule has 162 valence electrons. The van der Waals surface area contributed by atoms with Gasteiger partial charge in [-0.1, -0.05) is 110 Å². The predicted octanol–water partition coefficient (Wildman–Crippen LogP) is 7.07. The Kier molecular flexibility index (Phi) is 17.7. The zero-order chi connectivity index (χ0) is 19.4. The summed E-state index contributed by atoms with van der Waals surface area (Å²) in [5.41, 5.74) is 0. The molecule has 3 heteroatoms. The summed E-state index contributed by atoms with van der Waals surface area (Å²) in [7, 11) is 1.80. The Hall–Kier alpha value is -0.120. The highest BCUT2D eigenvalue weighted by atomic mass is 16.6. The molecule has 0 saturated carbocycles. The fraction of sp³-hybridized carbons (Fsp3) is 1.00. The largest absolute Gasteiger partial charge is 0.379 e. The molecule has 0 radical (unpaired) electrons. The van der Waals surface area contributed by atoms with E-state index in [1.54, 1.807) is 7.11 Å². The molecular weight excluding hydrogens is 336 g/mol. The van der Waals surface area contributed by atoms with E-state index in [9.17, 15) is 0 Å². The van der Waals surface area contributed by atoms with Gasteiger partial charge in [0.1, 0.15) is 6.10 Å². The smallest absolute Gasteiger partial charge is 0.104 e. The first-order valence-corrected chi connectivity index (χ1v) is 12.1. The number of epoxide rings is 1. The third kappa shape index (κ3) is 17.7. The third-order valence-electron chi connectivity index (χ3n) is 5.72. The molecule has 2 atom stereocenters. The van der Waals surface area contributed by atoms with E-state index < -0.39 is 0 Å². The normalized spacial score (nSPS) is 17.3. The van der Waals surface area contributed by atoms with Gasteiger partial charge in [0.05, 0.1) is 25.9 Å². The SMILES string of the molecule is CCCCCCCCCCCCCCCCCCC(COCC1CO1)OC. The van der Waals surface area contributed by atoms with Crippen LogP contribution in [0, 0.1) is 0 Å². The first-order chi connectivity index (χ1) is 13.4. The number of hydrogen-bond donors (Lipinski definition) is 0. The molecular formula is C24H48O3. The first kappa shape index (κ1) is 24.9. The molecule has 1 aliphatic rings. The highest BCUT2D eigenvalue weighted by Gasteiger charge is 2.22. The van der Waals surface area contributed by atoms with E-state index in [0.717, 1.165) is 26.2 Å². The van der Waals surface area contributed by atoms with Crippen LogP contribution in [0.2, 0.25) is 0 Å². The molecule has 0 bridgehead atoms. The molecule has 1 rings (SSSR count). The second-order valence-electron chi connectivity index (χ2n) is 8.44. The topological polar surface area (TPSA) is 31.0 Å². The Bertz CT molecular complexity index is 291. The molecule has 0 N–H and O–H groups in total. The molecule has 0 amide bonds. The molecule has 0 aromatic heterocycles. The summed E-state index contributed by atoms with van der Waals surface area (Å²) in [6.45, 7) is 4.62. The van der Waals surface area contributed by atoms with Gasteiger partial charge in [-0.3, -0.25) is 0 Å². The highest BCUT2D eigenvalue weighted by Crippen LogP contribution is 2.15. The van der Waals surface area contributed by atoms with Gasteiger partial charge >= 0.3 is 0 Å². The fourth-order valence-corrected chi connectivity index (χ4v) is 3.68. The maximum atomic E-state index is 5.64. The van der Waals surface area contributed by atoms with Crippen molar-refractivity contribution in [3.8, 4) is 0 Å². The molecule has 1 fully saturated rings. The van der Waals surface area contributed by atoms with Crippen molar-refractivity contribution in [3.63, 3.8) is 0 Å². The Labute approximate surface area is 169 Å². The molecule has 3 nitrogen and oxygen atoms in total. The van der Waals surface area contributed by atoms with E-state index in [2.05, 4.69) is 6.92 Å². The van der Waals surface area contributed by atoms with Crippen LogP contribution >= 0.6 is 0 Å². The van der Waals surface area contributed by atoms with E-state index in [0.29, 0.717) is 6.10 Å². The monoisotopic (exact) mass is 384 g/mol. The average Bonchev–Trinajstić information content (AvgIpc) is 3.50. The van der Waals surface area contributed by atoms with Gasteiger partial charge in [-0.2, -0.15) is 0 Å². The van der Waals surface area contributed by atoms with E-state index in [-0.39, 0.29) is 6.10 Å². The summed E-state index contributed by atoms with van der Waals surface area (Å²) in [5.74, 6) is 0. The number of ether oxygens (including phenoxy) is 3. The van der Waals surface area contributed by atoms with Crippen LogP contribution < -0.4 is 0 Å². The quantitative estimate of drug-likeness (QED) is 0.148. The van der Waals surface area contributed by atoms with Crippen LogP contribution in [0.4, 0.5) is 0 Å². The Morgan fingerprint density at radius 3 is 1.59 bits per heavy atom. The van der Waals surface area contributed by atoms with Crippen molar-refractivity contribution in [1.29, 1.82) is 0 Å². The maximum absolute atomic E-state index is 5.64. The van der Waals surface area contributed by atoms with Crippen LogP contribution in [0.1, 0.15) is 116 Å². The molecule has 0 spiro atoms. The molecule has 27 heavy (non-hydrogen) atoms. The molecule has 2 unspecified atom stereocenters. The van der Waals surface area contributed by atoms with Crippen LogP contribution in [0.3, 0.4) is 0 Å². The van der Waals surface area contributed by atoms with Crippen molar-refractivity contribution >= 4 is 0 Å². The van der Waals surface area contributed by atoms with Crippen molar-refractivity contribution in [3.05, 3.63) is 0 Å². The lowest BCUT2D eigenvalue weighted by atomic mass is 10.0. The fourth-order valence-electron chi connectivity index (χ4n) is 3.68. The van der Waals surface area contributed by atoms with Gasteiger partial charge in [-0.15, -0.1) is 0 Å². The van der Waals surface area contributed by atoms with Crippen LogP contribution in [-0.4, -0.2) is 39.1 Å². The van der Waals surface area contributed by atoms with Crippen molar-refractivity contribution in [2.45, 2.75) is 128 Å². The summed E-state index contributed by atoms with van der Waals surface area (Å²) >= 11 is 0. The number of rotatable bonds is 22. The van der Waals surface area contributed by atoms with E-state index in [1.807, 2.05) is 0 Å².